The first kappa shape index (κ1) is 10.6. The molecule has 1 atom stereocenters. The minimum absolute atomic E-state index is 0.000819. The summed E-state index contributed by atoms with van der Waals surface area (Å²) in [4.78, 5) is 15.3. The molecule has 0 N–H and O–H groups in total. The molecule has 0 amide bonds. The van der Waals surface area contributed by atoms with Crippen molar-refractivity contribution < 1.29 is 13.7 Å². The lowest BCUT2D eigenvalue weighted by molar-refractivity contribution is -0.118. The first-order valence-corrected chi connectivity index (χ1v) is 4.98. The smallest absolute Gasteiger partial charge is 0.237 e. The molecular weight excluding hydrogens is 208 g/mol. The second-order valence-corrected chi connectivity index (χ2v) is 3.68. The van der Waals surface area contributed by atoms with Gasteiger partial charge in [-0.15, -0.1) is 0 Å². The quantitative estimate of drug-likeness (QED) is 0.793. The van der Waals surface area contributed by atoms with E-state index in [-0.39, 0.29) is 11.7 Å². The molecule has 0 aliphatic rings. The minimum atomic E-state index is -0.367. The predicted molar refractivity (Wildman–Crippen MR) is 55.8 cm³/mol. The summed E-state index contributed by atoms with van der Waals surface area (Å²) in [6.45, 7) is 5.05. The first-order chi connectivity index (χ1) is 7.59. The maximum absolute atomic E-state index is 11.2. The van der Waals surface area contributed by atoms with Crippen LogP contribution in [0.4, 0.5) is 0 Å². The number of ketones is 1. The van der Waals surface area contributed by atoms with Gasteiger partial charge in [0.2, 0.25) is 11.7 Å². The second kappa shape index (κ2) is 3.92. The van der Waals surface area contributed by atoms with Crippen molar-refractivity contribution in [3.63, 3.8) is 0 Å². The lowest BCUT2D eigenvalue weighted by Gasteiger charge is -1.97. The molecule has 2 heterocycles. The molecule has 2 rings (SSSR count). The van der Waals surface area contributed by atoms with E-state index in [1.807, 2.05) is 6.92 Å². The van der Waals surface area contributed by atoms with Gasteiger partial charge in [-0.2, -0.15) is 4.98 Å². The van der Waals surface area contributed by atoms with E-state index in [0.717, 1.165) is 11.3 Å². The molecule has 5 nitrogen and oxygen atoms in total. The Morgan fingerprint density at radius 3 is 2.81 bits per heavy atom. The second-order valence-electron chi connectivity index (χ2n) is 3.68. The molecule has 0 fully saturated rings. The highest BCUT2D eigenvalue weighted by molar-refractivity contribution is 5.81. The van der Waals surface area contributed by atoms with E-state index in [1.165, 1.54) is 6.92 Å². The van der Waals surface area contributed by atoms with Gasteiger partial charge in [-0.1, -0.05) is 5.16 Å². The largest absolute Gasteiger partial charge is 0.469 e. The average Bonchev–Trinajstić information content (AvgIpc) is 2.84. The van der Waals surface area contributed by atoms with Gasteiger partial charge < -0.3 is 8.94 Å². The van der Waals surface area contributed by atoms with Gasteiger partial charge in [0.25, 0.3) is 0 Å². The van der Waals surface area contributed by atoms with Crippen molar-refractivity contribution in [3.8, 4) is 11.4 Å². The number of carbonyl (C=O) groups excluding carboxylic acids is 1. The van der Waals surface area contributed by atoms with Crippen LogP contribution < -0.4 is 0 Å². The van der Waals surface area contributed by atoms with Crippen LogP contribution in [0.25, 0.3) is 11.4 Å². The fraction of sp³-hybridized carbons (Fsp3) is 0.364. The highest BCUT2D eigenvalue weighted by atomic mass is 16.5. The summed E-state index contributed by atoms with van der Waals surface area (Å²) in [6.07, 6.45) is 1.56. The number of aromatic nitrogens is 2. The lowest BCUT2D eigenvalue weighted by Crippen LogP contribution is -2.04. The number of aryl methyl sites for hydroxylation is 1. The fourth-order valence-electron chi connectivity index (χ4n) is 1.31. The summed E-state index contributed by atoms with van der Waals surface area (Å²) in [5.41, 5.74) is 0.783. The van der Waals surface area contributed by atoms with Crippen LogP contribution in [-0.4, -0.2) is 15.9 Å². The molecule has 0 aliphatic carbocycles. The van der Waals surface area contributed by atoms with Crippen LogP contribution in [0.1, 0.15) is 31.4 Å². The maximum atomic E-state index is 11.2. The number of nitrogens with zero attached hydrogens (tertiary/aromatic N) is 2. The molecule has 0 radical (unpaired) electrons. The van der Waals surface area contributed by atoms with E-state index in [1.54, 1.807) is 19.3 Å². The third-order valence-corrected chi connectivity index (χ3v) is 2.52. The van der Waals surface area contributed by atoms with Crippen LogP contribution in [0.3, 0.4) is 0 Å². The maximum Gasteiger partial charge on any atom is 0.237 e. The molecule has 2 aromatic heterocycles. The predicted octanol–water partition coefficient (Wildman–Crippen LogP) is 2.33. The lowest BCUT2D eigenvalue weighted by atomic mass is 10.1. The molecule has 0 bridgehead atoms. The molecule has 5 heteroatoms. The first-order valence-electron chi connectivity index (χ1n) is 4.98. The zero-order valence-electron chi connectivity index (χ0n) is 9.35. The van der Waals surface area contributed by atoms with E-state index in [4.69, 9.17) is 8.94 Å². The van der Waals surface area contributed by atoms with Crippen LogP contribution in [0, 0.1) is 6.92 Å². The number of carbonyl (C=O) groups is 1. The number of hydrogen-bond donors (Lipinski definition) is 0. The van der Waals surface area contributed by atoms with Crippen molar-refractivity contribution in [2.45, 2.75) is 26.7 Å². The Labute approximate surface area is 92.5 Å². The summed E-state index contributed by atoms with van der Waals surface area (Å²) in [5.74, 6) is 1.15. The monoisotopic (exact) mass is 220 g/mol. The van der Waals surface area contributed by atoms with E-state index in [9.17, 15) is 4.79 Å². The standard InChI is InChI=1S/C11H12N2O3/c1-6(7(2)14)11-12-10(13-16-11)9-4-5-15-8(9)3/h4-6H,1-3H3. The molecule has 0 aromatic carbocycles. The molecule has 0 saturated heterocycles. The van der Waals surface area contributed by atoms with Gasteiger partial charge in [0.15, 0.2) is 0 Å². The third-order valence-electron chi connectivity index (χ3n) is 2.52. The van der Waals surface area contributed by atoms with Crippen LogP contribution in [-0.2, 0) is 4.79 Å². The summed E-state index contributed by atoms with van der Waals surface area (Å²) in [5, 5.41) is 3.82. The Morgan fingerprint density at radius 1 is 1.50 bits per heavy atom. The minimum Gasteiger partial charge on any atom is -0.469 e. The van der Waals surface area contributed by atoms with E-state index in [2.05, 4.69) is 10.1 Å². The molecule has 0 aliphatic heterocycles. The summed E-state index contributed by atoms with van der Waals surface area (Å²) < 4.78 is 10.2. The van der Waals surface area contributed by atoms with Gasteiger partial charge in [-0.3, -0.25) is 4.79 Å². The molecule has 0 spiro atoms. The van der Waals surface area contributed by atoms with Crippen molar-refractivity contribution in [2.24, 2.45) is 0 Å². The zero-order valence-corrected chi connectivity index (χ0v) is 9.35. The summed E-state index contributed by atoms with van der Waals surface area (Å²) >= 11 is 0. The van der Waals surface area contributed by atoms with Gasteiger partial charge in [0.1, 0.15) is 11.5 Å². The van der Waals surface area contributed by atoms with Crippen molar-refractivity contribution in [1.82, 2.24) is 10.1 Å². The Bertz CT molecular complexity index is 513. The molecular formula is C11H12N2O3. The van der Waals surface area contributed by atoms with Crippen LogP contribution >= 0.6 is 0 Å². The third kappa shape index (κ3) is 1.76. The van der Waals surface area contributed by atoms with Crippen LogP contribution in [0.2, 0.25) is 0 Å². The molecule has 16 heavy (non-hydrogen) atoms. The molecule has 1 unspecified atom stereocenters. The van der Waals surface area contributed by atoms with Gasteiger partial charge in [0.05, 0.1) is 17.7 Å². The van der Waals surface area contributed by atoms with Crippen molar-refractivity contribution in [3.05, 3.63) is 24.0 Å². The van der Waals surface area contributed by atoms with Crippen molar-refractivity contribution >= 4 is 5.78 Å². The van der Waals surface area contributed by atoms with Crippen molar-refractivity contribution in [2.75, 3.05) is 0 Å². The van der Waals surface area contributed by atoms with Gasteiger partial charge in [-0.05, 0) is 26.8 Å². The molecule has 2 aromatic rings. The van der Waals surface area contributed by atoms with E-state index in [0.29, 0.717) is 11.7 Å². The Morgan fingerprint density at radius 2 is 2.25 bits per heavy atom. The zero-order chi connectivity index (χ0) is 11.7. The van der Waals surface area contributed by atoms with Gasteiger partial charge >= 0.3 is 0 Å². The number of Topliss-reactive ketones (excluding diaryl/α,β-unsaturated/α-hetero) is 1. The van der Waals surface area contributed by atoms with E-state index >= 15 is 0 Å². The van der Waals surface area contributed by atoms with Crippen molar-refractivity contribution in [1.29, 1.82) is 0 Å². The van der Waals surface area contributed by atoms with Gasteiger partial charge in [-0.25, -0.2) is 0 Å². The van der Waals surface area contributed by atoms with E-state index < -0.39 is 0 Å². The summed E-state index contributed by atoms with van der Waals surface area (Å²) in [7, 11) is 0. The average molecular weight is 220 g/mol. The van der Waals surface area contributed by atoms with Gasteiger partial charge in [0, 0.05) is 0 Å². The van der Waals surface area contributed by atoms with Crippen LogP contribution in [0.5, 0.6) is 0 Å². The SMILES string of the molecule is CC(=O)C(C)c1nc(-c2ccoc2C)no1. The Hall–Kier alpha value is -1.91. The topological polar surface area (TPSA) is 69.1 Å². The number of furan rings is 1. The summed E-state index contributed by atoms with van der Waals surface area (Å²) in [6, 6.07) is 1.77. The normalized spacial score (nSPS) is 12.7. The fourth-order valence-corrected chi connectivity index (χ4v) is 1.31. The highest BCUT2D eigenvalue weighted by Gasteiger charge is 2.20. The number of rotatable bonds is 3. The van der Waals surface area contributed by atoms with Crippen LogP contribution in [0.15, 0.2) is 21.3 Å². The molecule has 0 saturated carbocycles. The Balaban J connectivity index is 2.33. The number of hydrogen-bond acceptors (Lipinski definition) is 5. The highest BCUT2D eigenvalue weighted by Crippen LogP contribution is 2.23. The molecule has 84 valence electrons. The Kier molecular flexibility index (Phi) is 2.60.